The van der Waals surface area contributed by atoms with Gasteiger partial charge in [0.25, 0.3) is 0 Å². The molecule has 1 aromatic heterocycles. The molecule has 108 valence electrons. The standard InChI is InChI=1S/C17H19N3O/c1-9-13(10(2)21)17(3,4)16(18)20-15-11-7-5-6-8-12(11)19-14(9)15/h5-8,19H,1-4H3,(H2,18,20). The normalized spacial score (nSPS) is 17.4. The Balaban J connectivity index is 2.46. The van der Waals surface area contributed by atoms with Gasteiger partial charge in [0, 0.05) is 16.5 Å². The Kier molecular flexibility index (Phi) is 2.80. The van der Waals surface area contributed by atoms with Crippen molar-refractivity contribution in [3.63, 3.8) is 0 Å². The second kappa shape index (κ2) is 4.32. The highest BCUT2D eigenvalue weighted by molar-refractivity contribution is 6.13. The molecular weight excluding hydrogens is 262 g/mol. The molecule has 2 heterocycles. The van der Waals surface area contributed by atoms with Crippen molar-refractivity contribution in [3.05, 3.63) is 35.5 Å². The van der Waals surface area contributed by atoms with Gasteiger partial charge in [-0.3, -0.25) is 4.79 Å². The van der Waals surface area contributed by atoms with Crippen LogP contribution in [-0.2, 0) is 4.79 Å². The minimum Gasteiger partial charge on any atom is -0.386 e. The van der Waals surface area contributed by atoms with Crippen LogP contribution < -0.4 is 5.73 Å². The molecule has 0 saturated carbocycles. The van der Waals surface area contributed by atoms with Crippen LogP contribution in [-0.4, -0.2) is 16.6 Å². The van der Waals surface area contributed by atoms with Crippen molar-refractivity contribution >= 4 is 33.8 Å². The van der Waals surface area contributed by atoms with Gasteiger partial charge in [0.1, 0.15) is 5.84 Å². The minimum absolute atomic E-state index is 0.0298. The van der Waals surface area contributed by atoms with E-state index in [1.54, 1.807) is 6.92 Å². The average molecular weight is 281 g/mol. The highest BCUT2D eigenvalue weighted by Crippen LogP contribution is 2.43. The lowest BCUT2D eigenvalue weighted by Crippen LogP contribution is -2.35. The number of rotatable bonds is 1. The second-order valence-corrected chi connectivity index (χ2v) is 6.07. The van der Waals surface area contributed by atoms with Crippen molar-refractivity contribution in [2.24, 2.45) is 16.1 Å². The number of carbonyl (C=O) groups excluding carboxylic acids is 1. The predicted molar refractivity (Wildman–Crippen MR) is 86.6 cm³/mol. The van der Waals surface area contributed by atoms with Gasteiger partial charge < -0.3 is 10.7 Å². The van der Waals surface area contributed by atoms with Gasteiger partial charge in [-0.2, -0.15) is 0 Å². The average Bonchev–Trinajstić information content (AvgIpc) is 2.73. The van der Waals surface area contributed by atoms with Crippen molar-refractivity contribution < 1.29 is 4.79 Å². The molecule has 0 unspecified atom stereocenters. The molecule has 21 heavy (non-hydrogen) atoms. The largest absolute Gasteiger partial charge is 0.386 e. The monoisotopic (exact) mass is 281 g/mol. The number of amidine groups is 1. The van der Waals surface area contributed by atoms with Gasteiger partial charge in [-0.15, -0.1) is 0 Å². The Labute approximate surface area is 123 Å². The van der Waals surface area contributed by atoms with E-state index >= 15 is 0 Å². The lowest BCUT2D eigenvalue weighted by atomic mass is 9.78. The quantitative estimate of drug-likeness (QED) is 0.839. The highest BCUT2D eigenvalue weighted by Gasteiger charge is 2.36. The van der Waals surface area contributed by atoms with Gasteiger partial charge in [0.05, 0.1) is 16.8 Å². The zero-order valence-corrected chi connectivity index (χ0v) is 12.7. The minimum atomic E-state index is -0.573. The number of nitrogens with one attached hydrogen (secondary N) is 1. The van der Waals surface area contributed by atoms with Crippen molar-refractivity contribution in [1.29, 1.82) is 0 Å². The summed E-state index contributed by atoms with van der Waals surface area (Å²) in [6.07, 6.45) is 0. The fourth-order valence-corrected chi connectivity index (χ4v) is 3.20. The first-order valence-electron chi connectivity index (χ1n) is 7.02. The van der Waals surface area contributed by atoms with Crippen LogP contribution in [0, 0.1) is 5.41 Å². The summed E-state index contributed by atoms with van der Waals surface area (Å²) in [6.45, 7) is 7.43. The van der Waals surface area contributed by atoms with Crippen molar-refractivity contribution in [1.82, 2.24) is 4.98 Å². The van der Waals surface area contributed by atoms with Gasteiger partial charge in [-0.05, 0) is 39.3 Å². The molecule has 2 aromatic rings. The summed E-state index contributed by atoms with van der Waals surface area (Å²) < 4.78 is 0. The number of fused-ring (bicyclic) bond motifs is 3. The first-order chi connectivity index (χ1) is 9.84. The number of nitrogens with zero attached hydrogens (tertiary/aromatic N) is 1. The van der Waals surface area contributed by atoms with Crippen LogP contribution >= 0.6 is 0 Å². The molecule has 0 bridgehead atoms. The molecule has 1 aliphatic heterocycles. The highest BCUT2D eigenvalue weighted by atomic mass is 16.1. The molecule has 0 amide bonds. The molecular formula is C17H19N3O. The first kappa shape index (κ1) is 13.6. The van der Waals surface area contributed by atoms with Gasteiger partial charge in [-0.1, -0.05) is 18.2 Å². The maximum absolute atomic E-state index is 12.2. The number of aromatic amines is 1. The van der Waals surface area contributed by atoms with Gasteiger partial charge in [0.15, 0.2) is 5.78 Å². The third-order valence-electron chi connectivity index (χ3n) is 4.28. The fourth-order valence-electron chi connectivity index (χ4n) is 3.20. The van der Waals surface area contributed by atoms with Crippen LogP contribution in [0.4, 0.5) is 5.69 Å². The maximum Gasteiger partial charge on any atom is 0.157 e. The van der Waals surface area contributed by atoms with E-state index in [4.69, 9.17) is 5.73 Å². The number of hydrogen-bond acceptors (Lipinski definition) is 3. The molecule has 1 aliphatic rings. The molecule has 0 radical (unpaired) electrons. The summed E-state index contributed by atoms with van der Waals surface area (Å²) in [5, 5.41) is 1.02. The van der Waals surface area contributed by atoms with Crippen LogP contribution in [0.5, 0.6) is 0 Å². The Bertz CT molecular complexity index is 822. The lowest BCUT2D eigenvalue weighted by molar-refractivity contribution is -0.114. The summed E-state index contributed by atoms with van der Waals surface area (Å²) in [7, 11) is 0. The van der Waals surface area contributed by atoms with E-state index in [1.807, 2.05) is 45.0 Å². The summed E-state index contributed by atoms with van der Waals surface area (Å²) in [4.78, 5) is 20.2. The molecule has 0 atom stereocenters. The SMILES string of the molecule is CC(=O)C1=C(C)c2[nH]c3ccccc3c2N=C(N)C1(C)C. The Morgan fingerprint density at radius 3 is 2.62 bits per heavy atom. The molecule has 3 N–H and O–H groups in total. The zero-order valence-electron chi connectivity index (χ0n) is 12.7. The maximum atomic E-state index is 12.2. The predicted octanol–water partition coefficient (Wildman–Crippen LogP) is 3.56. The molecule has 0 saturated heterocycles. The number of allylic oxidation sites excluding steroid dienone is 1. The van der Waals surface area contributed by atoms with Crippen LogP contribution in [0.3, 0.4) is 0 Å². The molecule has 0 spiro atoms. The number of aliphatic imine (C=N–C) groups is 1. The smallest absolute Gasteiger partial charge is 0.157 e. The van der Waals surface area contributed by atoms with Crippen LogP contribution in [0.2, 0.25) is 0 Å². The fraction of sp³-hybridized carbons (Fsp3) is 0.294. The van der Waals surface area contributed by atoms with Crippen molar-refractivity contribution in [3.8, 4) is 0 Å². The number of hydrogen-bond donors (Lipinski definition) is 2. The summed E-state index contributed by atoms with van der Waals surface area (Å²) in [5.41, 5.74) is 9.99. The Morgan fingerprint density at radius 1 is 1.29 bits per heavy atom. The third kappa shape index (κ3) is 1.82. The van der Waals surface area contributed by atoms with Crippen molar-refractivity contribution in [2.45, 2.75) is 27.7 Å². The van der Waals surface area contributed by atoms with E-state index in [9.17, 15) is 4.79 Å². The van der Waals surface area contributed by atoms with Crippen LogP contribution in [0.1, 0.15) is 33.4 Å². The Morgan fingerprint density at radius 2 is 1.95 bits per heavy atom. The number of carbonyl (C=O) groups is 1. The number of Topliss-reactive ketones (excluding diaryl/α,β-unsaturated/α-hetero) is 1. The van der Waals surface area contributed by atoms with E-state index in [1.165, 1.54) is 0 Å². The molecule has 1 aromatic carbocycles. The summed E-state index contributed by atoms with van der Waals surface area (Å²) in [5.74, 6) is 0.498. The van der Waals surface area contributed by atoms with Gasteiger partial charge >= 0.3 is 0 Å². The van der Waals surface area contributed by atoms with Gasteiger partial charge in [-0.25, -0.2) is 4.99 Å². The summed E-state index contributed by atoms with van der Waals surface area (Å²) >= 11 is 0. The number of benzene rings is 1. The van der Waals surface area contributed by atoms with Crippen LogP contribution in [0.25, 0.3) is 16.5 Å². The number of aromatic nitrogens is 1. The van der Waals surface area contributed by atoms with E-state index in [0.717, 1.165) is 27.9 Å². The number of nitrogens with two attached hydrogens (primary N) is 1. The number of H-pyrrole nitrogens is 1. The number of para-hydroxylation sites is 1. The molecule has 4 heteroatoms. The topological polar surface area (TPSA) is 71.2 Å². The Hall–Kier alpha value is -2.36. The second-order valence-electron chi connectivity index (χ2n) is 6.07. The lowest BCUT2D eigenvalue weighted by Gasteiger charge is -2.26. The van der Waals surface area contributed by atoms with Gasteiger partial charge in [0.2, 0.25) is 0 Å². The summed E-state index contributed by atoms with van der Waals surface area (Å²) in [6, 6.07) is 7.96. The van der Waals surface area contributed by atoms with E-state index in [-0.39, 0.29) is 5.78 Å². The molecule has 0 aliphatic carbocycles. The molecule has 0 fully saturated rings. The van der Waals surface area contributed by atoms with E-state index < -0.39 is 5.41 Å². The number of ketones is 1. The first-order valence-corrected chi connectivity index (χ1v) is 7.02. The molecule has 4 nitrogen and oxygen atoms in total. The third-order valence-corrected chi connectivity index (χ3v) is 4.28. The van der Waals surface area contributed by atoms with Crippen molar-refractivity contribution in [2.75, 3.05) is 0 Å². The van der Waals surface area contributed by atoms with E-state index in [0.29, 0.717) is 11.4 Å². The molecule has 3 rings (SSSR count). The van der Waals surface area contributed by atoms with E-state index in [2.05, 4.69) is 9.98 Å². The van der Waals surface area contributed by atoms with Crippen LogP contribution in [0.15, 0.2) is 34.8 Å². The zero-order chi connectivity index (χ0) is 15.4.